The quantitative estimate of drug-likeness (QED) is 0.578. The second-order valence-electron chi connectivity index (χ2n) is 8.77. The van der Waals surface area contributed by atoms with E-state index in [2.05, 4.69) is 15.0 Å². The van der Waals surface area contributed by atoms with Gasteiger partial charge in [0.1, 0.15) is 5.75 Å². The van der Waals surface area contributed by atoms with Crippen LogP contribution >= 0.6 is 0 Å². The molecule has 0 saturated carbocycles. The summed E-state index contributed by atoms with van der Waals surface area (Å²) in [6.45, 7) is 2.76. The molecule has 172 valence electrons. The third-order valence-electron chi connectivity index (χ3n) is 6.70. The number of ether oxygens (including phenoxy) is 1. The van der Waals surface area contributed by atoms with E-state index < -0.39 is 0 Å². The lowest BCUT2D eigenvalue weighted by molar-refractivity contribution is -0.131. The van der Waals surface area contributed by atoms with Crippen LogP contribution < -0.4 is 9.64 Å². The van der Waals surface area contributed by atoms with E-state index in [-0.39, 0.29) is 11.9 Å². The van der Waals surface area contributed by atoms with E-state index >= 15 is 0 Å². The van der Waals surface area contributed by atoms with Crippen LogP contribution in [0, 0.1) is 0 Å². The number of carbonyl (C=O) groups is 1. The van der Waals surface area contributed by atoms with Crippen molar-refractivity contribution in [1.29, 1.82) is 0 Å². The molecular weight excluding hydrogens is 416 g/mol. The molecule has 0 radical (unpaired) electrons. The minimum absolute atomic E-state index is 0.0107. The van der Waals surface area contributed by atoms with Crippen molar-refractivity contribution in [2.75, 3.05) is 31.6 Å². The molecular formula is C25H30N6O2. The van der Waals surface area contributed by atoms with Crippen LogP contribution in [0.15, 0.2) is 42.7 Å². The first-order valence-electron chi connectivity index (χ1n) is 11.7. The lowest BCUT2D eigenvalue weighted by Crippen LogP contribution is -2.33. The van der Waals surface area contributed by atoms with Gasteiger partial charge in [-0.15, -0.1) is 0 Å². The highest BCUT2D eigenvalue weighted by Gasteiger charge is 2.34. The zero-order valence-corrected chi connectivity index (χ0v) is 19.3. The van der Waals surface area contributed by atoms with Gasteiger partial charge in [0, 0.05) is 38.4 Å². The lowest BCUT2D eigenvalue weighted by Gasteiger charge is -2.26. The van der Waals surface area contributed by atoms with Gasteiger partial charge >= 0.3 is 0 Å². The molecule has 1 amide bonds. The standard InChI is InChI=1S/C25H30N6O2/c1-29-24(20(17-27-29)21-11-12-26-25(28-21)30-13-3-4-14-30)22-6-5-15-31(22)23(32)16-18-7-9-19(33-2)10-8-18/h7-12,17,22H,3-6,13-16H2,1-2H3/t22-/m1/s1. The number of carbonyl (C=O) groups excluding carboxylic acids is 1. The Morgan fingerprint density at radius 1 is 1.09 bits per heavy atom. The molecule has 33 heavy (non-hydrogen) atoms. The molecule has 2 aromatic heterocycles. The molecule has 2 fully saturated rings. The number of amides is 1. The van der Waals surface area contributed by atoms with Crippen molar-refractivity contribution in [2.45, 2.75) is 38.1 Å². The summed E-state index contributed by atoms with van der Waals surface area (Å²) in [7, 11) is 3.60. The predicted molar refractivity (Wildman–Crippen MR) is 126 cm³/mol. The molecule has 0 unspecified atom stereocenters. The molecule has 2 aliphatic rings. The van der Waals surface area contributed by atoms with Crippen LogP contribution in [-0.4, -0.2) is 57.3 Å². The number of benzene rings is 1. The van der Waals surface area contributed by atoms with Crippen molar-refractivity contribution in [3.8, 4) is 17.0 Å². The Morgan fingerprint density at radius 2 is 1.88 bits per heavy atom. The highest BCUT2D eigenvalue weighted by molar-refractivity contribution is 5.80. The van der Waals surface area contributed by atoms with Crippen LogP contribution in [0.3, 0.4) is 0 Å². The zero-order valence-electron chi connectivity index (χ0n) is 19.3. The average Bonchev–Trinajstić information content (AvgIpc) is 3.60. The van der Waals surface area contributed by atoms with Gasteiger partial charge < -0.3 is 14.5 Å². The highest BCUT2D eigenvalue weighted by Crippen LogP contribution is 2.37. The molecule has 0 spiro atoms. The maximum Gasteiger partial charge on any atom is 0.227 e. The number of nitrogens with zero attached hydrogens (tertiary/aromatic N) is 6. The van der Waals surface area contributed by atoms with Crippen molar-refractivity contribution in [3.63, 3.8) is 0 Å². The molecule has 5 rings (SSSR count). The fourth-order valence-electron chi connectivity index (χ4n) is 4.98. The Kier molecular flexibility index (Phi) is 5.98. The number of hydrogen-bond acceptors (Lipinski definition) is 6. The summed E-state index contributed by atoms with van der Waals surface area (Å²) in [4.78, 5) is 26.9. The summed E-state index contributed by atoms with van der Waals surface area (Å²) >= 11 is 0. The van der Waals surface area contributed by atoms with Crippen LogP contribution in [0.2, 0.25) is 0 Å². The number of methoxy groups -OCH3 is 1. The summed E-state index contributed by atoms with van der Waals surface area (Å²) in [5.74, 6) is 1.71. The normalized spacial score (nSPS) is 18.2. The monoisotopic (exact) mass is 446 g/mol. The summed E-state index contributed by atoms with van der Waals surface area (Å²) in [6, 6.07) is 9.64. The molecule has 8 heteroatoms. The first-order chi connectivity index (χ1) is 16.1. The Balaban J connectivity index is 1.40. The molecule has 1 atom stereocenters. The summed E-state index contributed by atoms with van der Waals surface area (Å²) in [6.07, 6.45) is 8.33. The van der Waals surface area contributed by atoms with Crippen molar-refractivity contribution < 1.29 is 9.53 Å². The second kappa shape index (κ2) is 9.21. The van der Waals surface area contributed by atoms with Gasteiger partial charge in [-0.1, -0.05) is 12.1 Å². The van der Waals surface area contributed by atoms with Crippen LogP contribution in [0.1, 0.15) is 43.0 Å². The molecule has 4 heterocycles. The number of likely N-dealkylation sites (tertiary alicyclic amines) is 1. The topological polar surface area (TPSA) is 76.4 Å². The molecule has 8 nitrogen and oxygen atoms in total. The van der Waals surface area contributed by atoms with Crippen LogP contribution in [0.25, 0.3) is 11.3 Å². The summed E-state index contributed by atoms with van der Waals surface area (Å²) in [5, 5.41) is 4.55. The SMILES string of the molecule is COc1ccc(CC(=O)N2CCC[C@@H]2c2c(-c3ccnc(N4CCCC4)n3)cnn2C)cc1. The molecule has 0 aliphatic carbocycles. The number of aryl methyl sites for hydroxylation is 1. The van der Waals surface area contributed by atoms with E-state index in [1.165, 1.54) is 12.8 Å². The van der Waals surface area contributed by atoms with Crippen LogP contribution in [-0.2, 0) is 18.3 Å². The Bertz CT molecular complexity index is 1120. The molecule has 2 aliphatic heterocycles. The largest absolute Gasteiger partial charge is 0.497 e. The fourth-order valence-corrected chi connectivity index (χ4v) is 4.98. The highest BCUT2D eigenvalue weighted by atomic mass is 16.5. The van der Waals surface area contributed by atoms with Crippen molar-refractivity contribution in [2.24, 2.45) is 7.05 Å². The average molecular weight is 447 g/mol. The van der Waals surface area contributed by atoms with Gasteiger partial charge in [-0.25, -0.2) is 9.97 Å². The summed E-state index contributed by atoms with van der Waals surface area (Å²) < 4.78 is 7.13. The number of hydrogen-bond donors (Lipinski definition) is 0. The zero-order chi connectivity index (χ0) is 22.8. The smallest absolute Gasteiger partial charge is 0.227 e. The number of rotatable bonds is 6. The molecule has 0 bridgehead atoms. The van der Waals surface area contributed by atoms with Crippen LogP contribution in [0.5, 0.6) is 5.75 Å². The van der Waals surface area contributed by atoms with Gasteiger partial charge in [-0.2, -0.15) is 5.10 Å². The van der Waals surface area contributed by atoms with Gasteiger partial charge in [0.15, 0.2) is 0 Å². The van der Waals surface area contributed by atoms with Crippen LogP contribution in [0.4, 0.5) is 5.95 Å². The Hall–Kier alpha value is -3.42. The van der Waals surface area contributed by atoms with Gasteiger partial charge in [0.25, 0.3) is 0 Å². The first-order valence-corrected chi connectivity index (χ1v) is 11.7. The Labute approximate surface area is 194 Å². The number of anilines is 1. The minimum Gasteiger partial charge on any atom is -0.497 e. The van der Waals surface area contributed by atoms with E-state index in [4.69, 9.17) is 9.72 Å². The third kappa shape index (κ3) is 4.29. The van der Waals surface area contributed by atoms with Crippen molar-refractivity contribution in [3.05, 3.63) is 54.0 Å². The van der Waals surface area contributed by atoms with Crippen molar-refractivity contribution >= 4 is 11.9 Å². The summed E-state index contributed by atoms with van der Waals surface area (Å²) in [5.41, 5.74) is 3.88. The minimum atomic E-state index is -0.0107. The van der Waals surface area contributed by atoms with Gasteiger partial charge in [-0.3, -0.25) is 9.48 Å². The van der Waals surface area contributed by atoms with E-state index in [0.29, 0.717) is 6.42 Å². The number of aromatic nitrogens is 4. The van der Waals surface area contributed by atoms with E-state index in [9.17, 15) is 4.79 Å². The van der Waals surface area contributed by atoms with E-state index in [1.807, 2.05) is 59.4 Å². The molecule has 1 aromatic carbocycles. The predicted octanol–water partition coefficient (Wildman–Crippen LogP) is 3.39. The molecule has 2 saturated heterocycles. The van der Waals surface area contributed by atoms with Gasteiger partial charge in [-0.05, 0) is 49.4 Å². The Morgan fingerprint density at radius 3 is 2.64 bits per heavy atom. The maximum absolute atomic E-state index is 13.3. The van der Waals surface area contributed by atoms with E-state index in [1.54, 1.807) is 7.11 Å². The lowest BCUT2D eigenvalue weighted by atomic mass is 10.0. The molecule has 0 N–H and O–H groups in total. The first kappa shape index (κ1) is 21.4. The van der Waals surface area contributed by atoms with Gasteiger partial charge in [0.2, 0.25) is 11.9 Å². The fraction of sp³-hybridized carbons (Fsp3) is 0.440. The van der Waals surface area contributed by atoms with E-state index in [0.717, 1.165) is 66.7 Å². The second-order valence-corrected chi connectivity index (χ2v) is 8.77. The van der Waals surface area contributed by atoms with Gasteiger partial charge in [0.05, 0.1) is 37.2 Å². The molecule has 3 aromatic rings. The van der Waals surface area contributed by atoms with Crippen molar-refractivity contribution in [1.82, 2.24) is 24.6 Å². The third-order valence-corrected chi connectivity index (χ3v) is 6.70. The maximum atomic E-state index is 13.3.